The van der Waals surface area contributed by atoms with Gasteiger partial charge in [-0.1, -0.05) is 23.2 Å². The lowest BCUT2D eigenvalue weighted by Crippen LogP contribution is -2.21. The minimum atomic E-state index is -1.13. The topological polar surface area (TPSA) is 60.4 Å². The summed E-state index contributed by atoms with van der Waals surface area (Å²) in [6.07, 6.45) is -0.776. The smallest absolute Gasteiger partial charge is 0.375 e. The molecule has 0 aliphatic heterocycles. The van der Waals surface area contributed by atoms with Crippen LogP contribution in [0.15, 0.2) is 12.1 Å². The summed E-state index contributed by atoms with van der Waals surface area (Å²) in [4.78, 5) is 34.2. The van der Waals surface area contributed by atoms with Gasteiger partial charge in [0.2, 0.25) is 5.78 Å². The first-order valence-corrected chi connectivity index (χ1v) is 6.00. The zero-order valence-electron chi connectivity index (χ0n) is 9.84. The van der Waals surface area contributed by atoms with E-state index in [0.29, 0.717) is 0 Å². The summed E-state index contributed by atoms with van der Waals surface area (Å²) in [5.41, 5.74) is -0.319. The number of benzene rings is 1. The van der Waals surface area contributed by atoms with E-state index in [9.17, 15) is 18.8 Å². The molecule has 0 heterocycles. The van der Waals surface area contributed by atoms with Crippen LogP contribution in [-0.2, 0) is 14.3 Å². The number of hydrogen-bond acceptors (Lipinski definition) is 4. The monoisotopic (exact) mass is 306 g/mol. The number of carbonyl (C=O) groups is 3. The average Bonchev–Trinajstić information content (AvgIpc) is 2.34. The molecule has 0 amide bonds. The quantitative estimate of drug-likeness (QED) is 0.276. The first-order chi connectivity index (χ1) is 8.88. The molecule has 4 nitrogen and oxygen atoms in total. The number of Topliss-reactive ketones (excluding diaryl/α,β-unsaturated/α-hetero) is 2. The van der Waals surface area contributed by atoms with E-state index in [-0.39, 0.29) is 17.2 Å². The Morgan fingerprint density at radius 3 is 2.47 bits per heavy atom. The van der Waals surface area contributed by atoms with Gasteiger partial charge in [-0.05, 0) is 19.1 Å². The highest BCUT2D eigenvalue weighted by atomic mass is 35.5. The van der Waals surface area contributed by atoms with Crippen LogP contribution in [0.5, 0.6) is 0 Å². The lowest BCUT2D eigenvalue weighted by atomic mass is 10.1. The highest BCUT2D eigenvalue weighted by Crippen LogP contribution is 2.28. The van der Waals surface area contributed by atoms with Crippen molar-refractivity contribution in [2.24, 2.45) is 0 Å². The number of rotatable bonds is 5. The molecule has 0 N–H and O–H groups in total. The van der Waals surface area contributed by atoms with Crippen molar-refractivity contribution in [2.45, 2.75) is 13.3 Å². The molecule has 19 heavy (non-hydrogen) atoms. The van der Waals surface area contributed by atoms with E-state index < -0.39 is 34.8 Å². The molecular formula is C12H9Cl2FO4. The third-order valence-corrected chi connectivity index (χ3v) is 2.83. The van der Waals surface area contributed by atoms with E-state index in [0.717, 1.165) is 12.1 Å². The molecule has 0 saturated heterocycles. The molecule has 0 spiro atoms. The zero-order valence-corrected chi connectivity index (χ0v) is 11.3. The second-order valence-electron chi connectivity index (χ2n) is 3.46. The summed E-state index contributed by atoms with van der Waals surface area (Å²) < 4.78 is 17.7. The Bertz CT molecular complexity index is 543. The number of esters is 1. The number of halogens is 3. The SMILES string of the molecule is CCOC(=O)C(=O)CC(=O)c1c(Cl)ccc(F)c1Cl. The van der Waals surface area contributed by atoms with Crippen molar-refractivity contribution in [2.75, 3.05) is 6.61 Å². The van der Waals surface area contributed by atoms with Crippen molar-refractivity contribution >= 4 is 40.7 Å². The van der Waals surface area contributed by atoms with Gasteiger partial charge < -0.3 is 4.74 Å². The Hall–Kier alpha value is -1.46. The van der Waals surface area contributed by atoms with Crippen LogP contribution in [0.25, 0.3) is 0 Å². The summed E-state index contributed by atoms with van der Waals surface area (Å²) in [7, 11) is 0. The molecule has 0 bridgehead atoms. The summed E-state index contributed by atoms with van der Waals surface area (Å²) >= 11 is 11.3. The first-order valence-electron chi connectivity index (χ1n) is 5.25. The third kappa shape index (κ3) is 3.75. The Morgan fingerprint density at radius 2 is 1.89 bits per heavy atom. The Kier molecular flexibility index (Phi) is 5.44. The Labute approximate surface area is 118 Å². The van der Waals surface area contributed by atoms with Gasteiger partial charge in [0.25, 0.3) is 0 Å². The maximum Gasteiger partial charge on any atom is 0.375 e. The van der Waals surface area contributed by atoms with Crippen molar-refractivity contribution in [1.82, 2.24) is 0 Å². The van der Waals surface area contributed by atoms with E-state index in [1.807, 2.05) is 0 Å². The minimum Gasteiger partial charge on any atom is -0.460 e. The van der Waals surface area contributed by atoms with Crippen molar-refractivity contribution in [1.29, 1.82) is 0 Å². The van der Waals surface area contributed by atoms with Crippen molar-refractivity contribution in [3.8, 4) is 0 Å². The van der Waals surface area contributed by atoms with E-state index >= 15 is 0 Å². The summed E-state index contributed by atoms with van der Waals surface area (Å²) in [6.45, 7) is 1.54. The van der Waals surface area contributed by atoms with E-state index in [1.165, 1.54) is 6.92 Å². The van der Waals surface area contributed by atoms with Crippen LogP contribution in [0.3, 0.4) is 0 Å². The van der Waals surface area contributed by atoms with Crippen molar-refractivity contribution in [3.63, 3.8) is 0 Å². The number of ketones is 2. The highest BCUT2D eigenvalue weighted by Gasteiger charge is 2.24. The van der Waals surface area contributed by atoms with Gasteiger partial charge in [0.1, 0.15) is 5.82 Å². The Morgan fingerprint density at radius 1 is 1.26 bits per heavy atom. The molecule has 1 rings (SSSR count). The van der Waals surface area contributed by atoms with Gasteiger partial charge in [0, 0.05) is 0 Å². The maximum absolute atomic E-state index is 13.2. The van der Waals surface area contributed by atoms with Crippen LogP contribution in [-0.4, -0.2) is 24.1 Å². The fourth-order valence-electron chi connectivity index (χ4n) is 1.30. The van der Waals surface area contributed by atoms with Crippen LogP contribution < -0.4 is 0 Å². The molecule has 0 aromatic heterocycles. The highest BCUT2D eigenvalue weighted by molar-refractivity contribution is 6.43. The average molecular weight is 307 g/mol. The fourth-order valence-corrected chi connectivity index (χ4v) is 1.88. The van der Waals surface area contributed by atoms with Crippen LogP contribution in [0.1, 0.15) is 23.7 Å². The van der Waals surface area contributed by atoms with Gasteiger partial charge in [0.15, 0.2) is 5.78 Å². The molecule has 0 aliphatic rings. The second-order valence-corrected chi connectivity index (χ2v) is 4.25. The molecule has 7 heteroatoms. The molecule has 0 unspecified atom stereocenters. The first kappa shape index (κ1) is 15.6. The third-order valence-electron chi connectivity index (χ3n) is 2.15. The van der Waals surface area contributed by atoms with Gasteiger partial charge in [0.05, 0.1) is 28.6 Å². The van der Waals surface area contributed by atoms with Crippen molar-refractivity contribution in [3.05, 3.63) is 33.6 Å². The van der Waals surface area contributed by atoms with Gasteiger partial charge in [-0.3, -0.25) is 9.59 Å². The molecule has 0 radical (unpaired) electrons. The fraction of sp³-hybridized carbons (Fsp3) is 0.250. The van der Waals surface area contributed by atoms with Gasteiger partial charge in [-0.2, -0.15) is 0 Å². The molecule has 1 aromatic carbocycles. The van der Waals surface area contributed by atoms with Crippen LogP contribution in [0.2, 0.25) is 10.0 Å². The molecule has 102 valence electrons. The predicted octanol–water partition coefficient (Wildman–Crippen LogP) is 2.84. The van der Waals surface area contributed by atoms with Gasteiger partial charge in [-0.25, -0.2) is 9.18 Å². The van der Waals surface area contributed by atoms with Gasteiger partial charge in [-0.15, -0.1) is 0 Å². The molecule has 1 aromatic rings. The number of ether oxygens (including phenoxy) is 1. The molecule has 0 fully saturated rings. The second kappa shape index (κ2) is 6.63. The summed E-state index contributed by atoms with van der Waals surface area (Å²) in [6, 6.07) is 2.14. The van der Waals surface area contributed by atoms with E-state index in [1.54, 1.807) is 0 Å². The Balaban J connectivity index is 2.94. The lowest BCUT2D eigenvalue weighted by Gasteiger charge is -2.06. The number of carbonyl (C=O) groups excluding carboxylic acids is 3. The largest absolute Gasteiger partial charge is 0.460 e. The number of hydrogen-bond donors (Lipinski definition) is 0. The maximum atomic E-state index is 13.2. The molecule has 0 aliphatic carbocycles. The van der Waals surface area contributed by atoms with Crippen LogP contribution >= 0.6 is 23.2 Å². The predicted molar refractivity (Wildman–Crippen MR) is 67.0 cm³/mol. The van der Waals surface area contributed by atoms with Crippen LogP contribution in [0, 0.1) is 5.82 Å². The van der Waals surface area contributed by atoms with E-state index in [4.69, 9.17) is 23.2 Å². The summed E-state index contributed by atoms with van der Waals surface area (Å²) in [5, 5.41) is -0.567. The van der Waals surface area contributed by atoms with E-state index in [2.05, 4.69) is 4.74 Å². The zero-order chi connectivity index (χ0) is 14.6. The van der Waals surface area contributed by atoms with Crippen LogP contribution in [0.4, 0.5) is 4.39 Å². The lowest BCUT2D eigenvalue weighted by molar-refractivity contribution is -0.153. The molecule has 0 saturated carbocycles. The minimum absolute atomic E-state index is 0.0141. The summed E-state index contributed by atoms with van der Waals surface area (Å²) in [5.74, 6) is -3.84. The molecule has 0 atom stereocenters. The standard InChI is InChI=1S/C12H9Cl2FO4/c1-2-19-12(18)9(17)5-8(16)10-6(13)3-4-7(15)11(10)14/h3-4H,2,5H2,1H3. The van der Waals surface area contributed by atoms with Crippen molar-refractivity contribution < 1.29 is 23.5 Å². The van der Waals surface area contributed by atoms with Gasteiger partial charge >= 0.3 is 5.97 Å². The normalized spacial score (nSPS) is 10.1. The molecular weight excluding hydrogens is 298 g/mol.